The van der Waals surface area contributed by atoms with Crippen molar-refractivity contribution >= 4 is 23.4 Å². The van der Waals surface area contributed by atoms with Gasteiger partial charge in [-0.1, -0.05) is 67.6 Å². The van der Waals surface area contributed by atoms with E-state index in [1.54, 1.807) is 71.6 Å². The maximum Gasteiger partial charge on any atom is 0.416 e. The Balaban J connectivity index is 1.36. The van der Waals surface area contributed by atoms with E-state index < -0.39 is 23.7 Å². The van der Waals surface area contributed by atoms with Crippen molar-refractivity contribution in [2.75, 3.05) is 18.0 Å². The number of hydrogen-bond donors (Lipinski definition) is 2. The van der Waals surface area contributed by atoms with Gasteiger partial charge < -0.3 is 15.5 Å². The lowest BCUT2D eigenvalue weighted by molar-refractivity contribution is -0.137. The Labute approximate surface area is 247 Å². The fourth-order valence-corrected chi connectivity index (χ4v) is 5.17. The molecule has 0 aromatic heterocycles. The standard InChI is InChI=1S/C34H30F3N3O3/c1-2-19-38-32(42)30(23-8-4-3-5-9-23)39-31(41)25-14-17-29-24(21-25)18-20-40(29)33(43)28-11-7-6-10-27(28)22-12-15-26(16-13-22)34(35,36)37/h3-17,21,30H,2,18-20H2,1H3,(H,38,42)(H,39,41)/t30-/m0/s1. The summed E-state index contributed by atoms with van der Waals surface area (Å²) in [5.41, 5.74) is 3.12. The van der Waals surface area contributed by atoms with Crippen LogP contribution >= 0.6 is 0 Å². The highest BCUT2D eigenvalue weighted by atomic mass is 19.4. The summed E-state index contributed by atoms with van der Waals surface area (Å²) in [4.78, 5) is 41.5. The lowest BCUT2D eigenvalue weighted by Gasteiger charge is -2.21. The summed E-state index contributed by atoms with van der Waals surface area (Å²) in [6.45, 7) is 2.82. The Kier molecular flexibility index (Phi) is 8.61. The highest BCUT2D eigenvalue weighted by Crippen LogP contribution is 2.35. The molecule has 43 heavy (non-hydrogen) atoms. The number of halogens is 3. The molecule has 1 heterocycles. The summed E-state index contributed by atoms with van der Waals surface area (Å²) >= 11 is 0. The molecule has 220 valence electrons. The molecule has 9 heteroatoms. The minimum absolute atomic E-state index is 0.289. The lowest BCUT2D eigenvalue weighted by atomic mass is 9.97. The molecule has 1 aliphatic rings. The van der Waals surface area contributed by atoms with Crippen LogP contribution in [0.3, 0.4) is 0 Å². The van der Waals surface area contributed by atoms with Crippen LogP contribution in [0.25, 0.3) is 11.1 Å². The molecule has 0 spiro atoms. The summed E-state index contributed by atoms with van der Waals surface area (Å²) in [6, 6.07) is 24.7. The number of nitrogens with one attached hydrogen (secondary N) is 2. The second kappa shape index (κ2) is 12.5. The van der Waals surface area contributed by atoms with Crippen LogP contribution in [0.15, 0.2) is 97.1 Å². The highest BCUT2D eigenvalue weighted by Gasteiger charge is 2.31. The van der Waals surface area contributed by atoms with Gasteiger partial charge in [0.1, 0.15) is 6.04 Å². The molecule has 2 N–H and O–H groups in total. The fourth-order valence-electron chi connectivity index (χ4n) is 5.17. The number of rotatable bonds is 8. The van der Waals surface area contributed by atoms with E-state index in [2.05, 4.69) is 10.6 Å². The summed E-state index contributed by atoms with van der Waals surface area (Å²) in [6.07, 6.45) is -3.17. The van der Waals surface area contributed by atoms with Gasteiger partial charge in [0.25, 0.3) is 11.8 Å². The quantitative estimate of drug-likeness (QED) is 0.246. The number of amides is 3. The van der Waals surface area contributed by atoms with Gasteiger partial charge in [-0.05, 0) is 71.5 Å². The van der Waals surface area contributed by atoms with Crippen LogP contribution in [0.4, 0.5) is 18.9 Å². The van der Waals surface area contributed by atoms with E-state index in [-0.39, 0.29) is 11.8 Å². The molecule has 1 aliphatic heterocycles. The van der Waals surface area contributed by atoms with Crippen molar-refractivity contribution in [2.24, 2.45) is 0 Å². The van der Waals surface area contributed by atoms with Crippen molar-refractivity contribution in [1.29, 1.82) is 0 Å². The van der Waals surface area contributed by atoms with E-state index >= 15 is 0 Å². The maximum absolute atomic E-state index is 13.7. The third kappa shape index (κ3) is 6.45. The average molecular weight is 586 g/mol. The minimum atomic E-state index is -4.45. The van der Waals surface area contributed by atoms with Gasteiger partial charge in [-0.3, -0.25) is 14.4 Å². The molecule has 5 rings (SSSR count). The van der Waals surface area contributed by atoms with Crippen LogP contribution < -0.4 is 15.5 Å². The van der Waals surface area contributed by atoms with Crippen LogP contribution in [-0.2, 0) is 17.4 Å². The fraction of sp³-hybridized carbons (Fsp3) is 0.206. The van der Waals surface area contributed by atoms with Crippen LogP contribution in [0, 0.1) is 0 Å². The van der Waals surface area contributed by atoms with Gasteiger partial charge in [0.2, 0.25) is 5.91 Å². The van der Waals surface area contributed by atoms with Gasteiger partial charge in [-0.25, -0.2) is 0 Å². The van der Waals surface area contributed by atoms with E-state index in [0.717, 1.165) is 24.1 Å². The van der Waals surface area contributed by atoms with Gasteiger partial charge >= 0.3 is 6.18 Å². The summed E-state index contributed by atoms with van der Waals surface area (Å²) in [7, 11) is 0. The number of carbonyl (C=O) groups is 3. The number of benzene rings is 4. The molecule has 0 aliphatic carbocycles. The number of carbonyl (C=O) groups excluding carboxylic acids is 3. The Morgan fingerprint density at radius 1 is 0.884 bits per heavy atom. The molecule has 0 bridgehead atoms. The average Bonchev–Trinajstić information content (AvgIpc) is 3.45. The molecule has 0 saturated carbocycles. The third-order valence-corrected chi connectivity index (χ3v) is 7.38. The Bertz CT molecular complexity index is 1640. The SMILES string of the molecule is CCCNC(=O)[C@@H](NC(=O)c1ccc2c(c1)CCN2C(=O)c1ccccc1-c1ccc(C(F)(F)F)cc1)c1ccccc1. The molecule has 0 unspecified atom stereocenters. The first-order valence-corrected chi connectivity index (χ1v) is 14.0. The summed E-state index contributed by atoms with van der Waals surface area (Å²) in [5.74, 6) is -1.00. The first-order valence-electron chi connectivity index (χ1n) is 14.0. The van der Waals surface area contributed by atoms with Crippen LogP contribution in [0.1, 0.15) is 56.8 Å². The summed E-state index contributed by atoms with van der Waals surface area (Å²) in [5, 5.41) is 5.69. The molecule has 1 atom stereocenters. The zero-order chi connectivity index (χ0) is 30.6. The monoisotopic (exact) mass is 585 g/mol. The van der Waals surface area contributed by atoms with Crippen LogP contribution in [0.2, 0.25) is 0 Å². The van der Waals surface area contributed by atoms with E-state index in [0.29, 0.717) is 53.0 Å². The molecular weight excluding hydrogens is 555 g/mol. The van der Waals surface area contributed by atoms with Gasteiger partial charge in [-0.2, -0.15) is 13.2 Å². The predicted octanol–water partition coefficient (Wildman–Crippen LogP) is 6.57. The molecule has 0 fully saturated rings. The number of alkyl halides is 3. The second-order valence-electron chi connectivity index (χ2n) is 10.3. The molecule has 6 nitrogen and oxygen atoms in total. The topological polar surface area (TPSA) is 78.5 Å². The van der Waals surface area contributed by atoms with Crippen LogP contribution in [0.5, 0.6) is 0 Å². The summed E-state index contributed by atoms with van der Waals surface area (Å²) < 4.78 is 39.2. The molecule has 4 aromatic rings. The number of nitrogens with zero attached hydrogens (tertiary/aromatic N) is 1. The Morgan fingerprint density at radius 2 is 1.58 bits per heavy atom. The molecule has 3 amide bonds. The maximum atomic E-state index is 13.7. The minimum Gasteiger partial charge on any atom is -0.354 e. The van der Waals surface area contributed by atoms with Crippen LogP contribution in [-0.4, -0.2) is 30.8 Å². The largest absolute Gasteiger partial charge is 0.416 e. The van der Waals surface area contributed by atoms with Gasteiger partial charge in [0.15, 0.2) is 0 Å². The Morgan fingerprint density at radius 3 is 2.28 bits per heavy atom. The van der Waals surface area contributed by atoms with Crippen molar-refractivity contribution in [2.45, 2.75) is 32.0 Å². The van der Waals surface area contributed by atoms with E-state index in [9.17, 15) is 27.6 Å². The van der Waals surface area contributed by atoms with Gasteiger partial charge in [0, 0.05) is 29.9 Å². The first kappa shape index (κ1) is 29.6. The van der Waals surface area contributed by atoms with Crippen molar-refractivity contribution in [3.63, 3.8) is 0 Å². The zero-order valence-electron chi connectivity index (χ0n) is 23.4. The molecule has 0 radical (unpaired) electrons. The lowest BCUT2D eigenvalue weighted by Crippen LogP contribution is -2.40. The third-order valence-electron chi connectivity index (χ3n) is 7.38. The van der Waals surface area contributed by atoms with E-state index in [1.165, 1.54) is 12.1 Å². The first-order chi connectivity index (χ1) is 20.7. The highest BCUT2D eigenvalue weighted by molar-refractivity contribution is 6.11. The number of hydrogen-bond acceptors (Lipinski definition) is 3. The predicted molar refractivity (Wildman–Crippen MR) is 159 cm³/mol. The zero-order valence-corrected chi connectivity index (χ0v) is 23.4. The van der Waals surface area contributed by atoms with E-state index in [4.69, 9.17) is 0 Å². The Hall–Kier alpha value is -4.92. The molecular formula is C34H30F3N3O3. The van der Waals surface area contributed by atoms with Gasteiger partial charge in [-0.15, -0.1) is 0 Å². The van der Waals surface area contributed by atoms with Crippen molar-refractivity contribution < 1.29 is 27.6 Å². The second-order valence-corrected chi connectivity index (χ2v) is 10.3. The molecule has 0 saturated heterocycles. The van der Waals surface area contributed by atoms with Gasteiger partial charge in [0.05, 0.1) is 5.56 Å². The van der Waals surface area contributed by atoms with Crippen molar-refractivity contribution in [1.82, 2.24) is 10.6 Å². The van der Waals surface area contributed by atoms with Crippen molar-refractivity contribution in [3.8, 4) is 11.1 Å². The number of fused-ring (bicyclic) bond motifs is 1. The van der Waals surface area contributed by atoms with E-state index in [1.807, 2.05) is 13.0 Å². The van der Waals surface area contributed by atoms with Crippen molar-refractivity contribution in [3.05, 3.63) is 125 Å². The smallest absolute Gasteiger partial charge is 0.354 e. The normalized spacial score (nSPS) is 13.3. The number of anilines is 1. The molecule has 4 aromatic carbocycles.